The van der Waals surface area contributed by atoms with E-state index in [9.17, 15) is 8.78 Å². The third-order valence-electron chi connectivity index (χ3n) is 1.69. The lowest BCUT2D eigenvalue weighted by molar-refractivity contribution is 0.145. The summed E-state index contributed by atoms with van der Waals surface area (Å²) >= 11 is 2.95. The van der Waals surface area contributed by atoms with Gasteiger partial charge in [0.15, 0.2) is 0 Å². The Hall–Kier alpha value is -1.53. The first-order chi connectivity index (χ1) is 7.10. The van der Waals surface area contributed by atoms with Crippen molar-refractivity contribution in [2.24, 2.45) is 0 Å². The molecule has 1 aromatic heterocycles. The molecule has 0 aliphatic rings. The van der Waals surface area contributed by atoms with Crippen LogP contribution in [-0.2, 0) is 6.42 Å². The second kappa shape index (κ2) is 4.81. The van der Waals surface area contributed by atoms with Gasteiger partial charge in [0.2, 0.25) is 0 Å². The number of nitriles is 2. The molecule has 0 N–H and O–H groups in total. The Morgan fingerprint density at radius 1 is 1.47 bits per heavy atom. The van der Waals surface area contributed by atoms with Gasteiger partial charge >= 0.3 is 0 Å². The summed E-state index contributed by atoms with van der Waals surface area (Å²) in [6.45, 7) is 0. The monoisotopic (exact) mass is 271 g/mol. The highest BCUT2D eigenvalue weighted by Crippen LogP contribution is 2.25. The highest BCUT2D eigenvalue weighted by atomic mass is 79.9. The number of nitrogens with zero attached hydrogens (tertiary/aromatic N) is 3. The van der Waals surface area contributed by atoms with E-state index in [1.54, 1.807) is 6.07 Å². The van der Waals surface area contributed by atoms with Gasteiger partial charge in [0.25, 0.3) is 6.43 Å². The first-order valence-electron chi connectivity index (χ1n) is 3.84. The number of pyridine rings is 1. The van der Waals surface area contributed by atoms with Gasteiger partial charge in [-0.2, -0.15) is 10.5 Å². The zero-order chi connectivity index (χ0) is 11.4. The number of hydrogen-bond acceptors (Lipinski definition) is 3. The average Bonchev–Trinajstić information content (AvgIpc) is 2.17. The number of alkyl halides is 2. The molecule has 0 unspecified atom stereocenters. The Morgan fingerprint density at radius 2 is 2.13 bits per heavy atom. The van der Waals surface area contributed by atoms with Gasteiger partial charge in [0.05, 0.1) is 18.1 Å². The van der Waals surface area contributed by atoms with Crippen molar-refractivity contribution in [1.82, 2.24) is 4.98 Å². The summed E-state index contributed by atoms with van der Waals surface area (Å²) < 4.78 is 25.2. The van der Waals surface area contributed by atoms with Gasteiger partial charge in [-0.25, -0.2) is 13.8 Å². The minimum absolute atomic E-state index is 0.0935. The number of hydrogen-bond donors (Lipinski definition) is 0. The standard InChI is InChI=1S/C9H4BrF2N3/c10-7-3-5(1-2-13)6(4-14)8(15-7)9(11)12/h3,9H,1H2. The molecule has 76 valence electrons. The zero-order valence-electron chi connectivity index (χ0n) is 7.34. The normalized spacial score (nSPS) is 9.73. The van der Waals surface area contributed by atoms with Crippen molar-refractivity contribution >= 4 is 15.9 Å². The summed E-state index contributed by atoms with van der Waals surface area (Å²) in [6.07, 6.45) is -2.92. The molecule has 0 radical (unpaired) electrons. The summed E-state index contributed by atoms with van der Waals surface area (Å²) in [5.74, 6) is 0. The van der Waals surface area contributed by atoms with Gasteiger partial charge < -0.3 is 0 Å². The maximum absolute atomic E-state index is 12.5. The van der Waals surface area contributed by atoms with Crippen LogP contribution in [0.1, 0.15) is 23.2 Å². The molecule has 1 aromatic rings. The topological polar surface area (TPSA) is 60.5 Å². The SMILES string of the molecule is N#CCc1cc(Br)nc(C(F)F)c1C#N. The van der Waals surface area contributed by atoms with Gasteiger partial charge in [0.1, 0.15) is 16.4 Å². The van der Waals surface area contributed by atoms with Crippen molar-refractivity contribution < 1.29 is 8.78 Å². The second-order valence-electron chi connectivity index (χ2n) is 2.61. The lowest BCUT2D eigenvalue weighted by atomic mass is 10.1. The Kier molecular flexibility index (Phi) is 3.70. The number of aromatic nitrogens is 1. The maximum Gasteiger partial charge on any atom is 0.281 e. The van der Waals surface area contributed by atoms with Crippen LogP contribution in [0.25, 0.3) is 0 Å². The van der Waals surface area contributed by atoms with Gasteiger partial charge in [-0.05, 0) is 27.6 Å². The Morgan fingerprint density at radius 3 is 2.60 bits per heavy atom. The van der Waals surface area contributed by atoms with Gasteiger partial charge in [-0.1, -0.05) is 0 Å². The zero-order valence-corrected chi connectivity index (χ0v) is 8.92. The highest BCUT2D eigenvalue weighted by molar-refractivity contribution is 9.10. The van der Waals surface area contributed by atoms with E-state index < -0.39 is 12.1 Å². The van der Waals surface area contributed by atoms with E-state index in [-0.39, 0.29) is 22.2 Å². The van der Waals surface area contributed by atoms with E-state index in [1.807, 2.05) is 6.07 Å². The molecule has 0 saturated heterocycles. The molecule has 0 amide bonds. The molecule has 0 aliphatic heterocycles. The third kappa shape index (κ3) is 2.48. The van der Waals surface area contributed by atoms with Crippen molar-refractivity contribution in [3.63, 3.8) is 0 Å². The quantitative estimate of drug-likeness (QED) is 0.777. The third-order valence-corrected chi connectivity index (χ3v) is 2.09. The molecule has 6 heteroatoms. The number of halogens is 3. The van der Waals surface area contributed by atoms with E-state index >= 15 is 0 Å². The Balaban J connectivity index is 3.41. The van der Waals surface area contributed by atoms with E-state index in [1.165, 1.54) is 6.07 Å². The predicted octanol–water partition coefficient (Wildman–Crippen LogP) is 2.72. The maximum atomic E-state index is 12.5. The molecule has 0 spiro atoms. The minimum atomic E-state index is -2.82. The summed E-state index contributed by atoms with van der Waals surface area (Å²) in [5.41, 5.74) is -0.538. The largest absolute Gasteiger partial charge is 0.281 e. The van der Waals surface area contributed by atoms with Crippen molar-refractivity contribution in [3.8, 4) is 12.1 Å². The first kappa shape index (κ1) is 11.5. The Bertz CT molecular complexity index is 460. The smallest absolute Gasteiger partial charge is 0.239 e. The molecular formula is C9H4BrF2N3. The molecule has 1 rings (SSSR count). The van der Waals surface area contributed by atoms with Crippen LogP contribution in [0.3, 0.4) is 0 Å². The van der Waals surface area contributed by atoms with E-state index in [4.69, 9.17) is 10.5 Å². The summed E-state index contributed by atoms with van der Waals surface area (Å²) in [5, 5.41) is 17.2. The fourth-order valence-corrected chi connectivity index (χ4v) is 1.56. The molecule has 0 fully saturated rings. The van der Waals surface area contributed by atoms with E-state index in [2.05, 4.69) is 20.9 Å². The molecule has 1 heterocycles. The molecular weight excluding hydrogens is 268 g/mol. The molecule has 0 atom stereocenters. The Labute approximate surface area is 93.1 Å². The molecule has 15 heavy (non-hydrogen) atoms. The van der Waals surface area contributed by atoms with Gasteiger partial charge in [-0.3, -0.25) is 0 Å². The van der Waals surface area contributed by atoms with Crippen LogP contribution < -0.4 is 0 Å². The molecule has 0 aliphatic carbocycles. The predicted molar refractivity (Wildman–Crippen MR) is 50.9 cm³/mol. The number of rotatable bonds is 2. The lowest BCUT2D eigenvalue weighted by Crippen LogP contribution is -2.01. The molecule has 0 saturated carbocycles. The van der Waals surface area contributed by atoms with Crippen LogP contribution in [-0.4, -0.2) is 4.98 Å². The summed E-state index contributed by atoms with van der Waals surface area (Å²) in [6, 6.07) is 4.85. The summed E-state index contributed by atoms with van der Waals surface area (Å²) in [4.78, 5) is 3.52. The van der Waals surface area contributed by atoms with Crippen molar-refractivity contribution in [2.75, 3.05) is 0 Å². The van der Waals surface area contributed by atoms with Gasteiger partial charge in [-0.15, -0.1) is 0 Å². The summed E-state index contributed by atoms with van der Waals surface area (Å²) in [7, 11) is 0. The van der Waals surface area contributed by atoms with Crippen molar-refractivity contribution in [1.29, 1.82) is 10.5 Å². The van der Waals surface area contributed by atoms with Gasteiger partial charge in [0, 0.05) is 0 Å². The van der Waals surface area contributed by atoms with Crippen LogP contribution in [0.2, 0.25) is 0 Å². The molecule has 0 bridgehead atoms. The fraction of sp³-hybridized carbons (Fsp3) is 0.222. The van der Waals surface area contributed by atoms with E-state index in [0.717, 1.165) is 0 Å². The fourth-order valence-electron chi connectivity index (χ4n) is 1.10. The van der Waals surface area contributed by atoms with Crippen LogP contribution >= 0.6 is 15.9 Å². The minimum Gasteiger partial charge on any atom is -0.239 e. The van der Waals surface area contributed by atoms with Crippen LogP contribution in [0.4, 0.5) is 8.78 Å². The van der Waals surface area contributed by atoms with Crippen molar-refractivity contribution in [3.05, 3.63) is 27.5 Å². The van der Waals surface area contributed by atoms with Crippen LogP contribution in [0.5, 0.6) is 0 Å². The highest BCUT2D eigenvalue weighted by Gasteiger charge is 2.19. The first-order valence-corrected chi connectivity index (χ1v) is 4.64. The van der Waals surface area contributed by atoms with Crippen molar-refractivity contribution in [2.45, 2.75) is 12.8 Å². The molecule has 3 nitrogen and oxygen atoms in total. The molecule has 0 aromatic carbocycles. The average molecular weight is 272 g/mol. The lowest BCUT2D eigenvalue weighted by Gasteiger charge is -2.06. The van der Waals surface area contributed by atoms with Crippen LogP contribution in [0, 0.1) is 22.7 Å². The second-order valence-corrected chi connectivity index (χ2v) is 3.42. The van der Waals surface area contributed by atoms with E-state index in [0.29, 0.717) is 0 Å². The van der Waals surface area contributed by atoms with Crippen LogP contribution in [0.15, 0.2) is 10.7 Å².